The minimum absolute atomic E-state index is 0. The lowest BCUT2D eigenvalue weighted by Crippen LogP contribution is -2.42. The standard InChI is InChI=1S/C21H27N5O2.2ClH/c27-19(13-14-11-16-4-5-17(12-14)23-16)26-9-6-15(7-10-26)21-24-20(25-28-21)18-3-1-2-8-22-18;;/h1-3,8,14-17,23H,4-7,9-13H2;2*1H. The van der Waals surface area contributed by atoms with Gasteiger partial charge in [-0.3, -0.25) is 9.78 Å². The first-order chi connectivity index (χ1) is 13.7. The Kier molecular flexibility index (Phi) is 7.71. The van der Waals surface area contributed by atoms with E-state index in [2.05, 4.69) is 20.4 Å². The van der Waals surface area contributed by atoms with E-state index in [1.807, 2.05) is 23.1 Å². The summed E-state index contributed by atoms with van der Waals surface area (Å²) in [6, 6.07) is 6.95. The maximum Gasteiger partial charge on any atom is 0.230 e. The van der Waals surface area contributed by atoms with Crippen molar-refractivity contribution in [2.45, 2.75) is 62.9 Å². The number of pyridine rings is 1. The molecule has 9 heteroatoms. The van der Waals surface area contributed by atoms with Crippen LogP contribution < -0.4 is 5.32 Å². The number of piperidine rings is 2. The Morgan fingerprint density at radius 1 is 1.10 bits per heavy atom. The summed E-state index contributed by atoms with van der Waals surface area (Å²) in [6.07, 6.45) is 9.10. The van der Waals surface area contributed by atoms with Crippen LogP contribution in [-0.2, 0) is 4.79 Å². The highest BCUT2D eigenvalue weighted by Crippen LogP contribution is 2.34. The van der Waals surface area contributed by atoms with Gasteiger partial charge in [-0.15, -0.1) is 24.8 Å². The van der Waals surface area contributed by atoms with Crippen LogP contribution in [0.25, 0.3) is 11.5 Å². The quantitative estimate of drug-likeness (QED) is 0.760. The Bertz CT molecular complexity index is 814. The third-order valence-electron chi connectivity index (χ3n) is 6.57. The molecular formula is C21H29Cl2N5O2. The first kappa shape index (κ1) is 23.0. The second kappa shape index (κ2) is 10.1. The molecule has 2 unspecified atom stereocenters. The molecule has 1 amide bonds. The van der Waals surface area contributed by atoms with E-state index in [1.165, 1.54) is 12.8 Å². The molecule has 0 aromatic carbocycles. The number of halogens is 2. The Labute approximate surface area is 189 Å². The number of nitrogens with zero attached hydrogens (tertiary/aromatic N) is 4. The van der Waals surface area contributed by atoms with Crippen molar-refractivity contribution in [3.8, 4) is 11.5 Å². The van der Waals surface area contributed by atoms with Gasteiger partial charge in [0.25, 0.3) is 0 Å². The highest BCUT2D eigenvalue weighted by Gasteiger charge is 2.35. The lowest BCUT2D eigenvalue weighted by atomic mass is 9.88. The van der Waals surface area contributed by atoms with Crippen molar-refractivity contribution in [2.24, 2.45) is 5.92 Å². The number of hydrogen-bond acceptors (Lipinski definition) is 6. The third kappa shape index (κ3) is 4.95. The maximum atomic E-state index is 12.8. The van der Waals surface area contributed by atoms with Crippen molar-refractivity contribution >= 4 is 30.7 Å². The molecule has 5 heterocycles. The Hall–Kier alpha value is -1.70. The summed E-state index contributed by atoms with van der Waals surface area (Å²) in [5.74, 6) is 2.31. The van der Waals surface area contributed by atoms with Crippen LogP contribution in [0.4, 0.5) is 0 Å². The van der Waals surface area contributed by atoms with Crippen LogP contribution in [0.15, 0.2) is 28.9 Å². The van der Waals surface area contributed by atoms with Gasteiger partial charge in [0.2, 0.25) is 17.6 Å². The van der Waals surface area contributed by atoms with Gasteiger partial charge in [0, 0.05) is 43.7 Å². The molecule has 5 rings (SSSR count). The zero-order chi connectivity index (χ0) is 18.9. The minimum Gasteiger partial charge on any atom is -0.343 e. The van der Waals surface area contributed by atoms with Crippen LogP contribution in [0.2, 0.25) is 0 Å². The number of likely N-dealkylation sites (tertiary alicyclic amines) is 1. The Balaban J connectivity index is 0.00000128. The van der Waals surface area contributed by atoms with Crippen LogP contribution >= 0.6 is 24.8 Å². The summed E-state index contributed by atoms with van der Waals surface area (Å²) in [5.41, 5.74) is 0.723. The van der Waals surface area contributed by atoms with Gasteiger partial charge in [0.15, 0.2) is 0 Å². The zero-order valence-corrected chi connectivity index (χ0v) is 18.5. The molecule has 3 aliphatic heterocycles. The van der Waals surface area contributed by atoms with Gasteiger partial charge >= 0.3 is 0 Å². The first-order valence-corrected chi connectivity index (χ1v) is 10.5. The molecule has 2 atom stereocenters. The van der Waals surface area contributed by atoms with Crippen molar-refractivity contribution in [1.29, 1.82) is 0 Å². The molecule has 3 aliphatic rings. The number of carbonyl (C=O) groups is 1. The highest BCUT2D eigenvalue weighted by molar-refractivity contribution is 5.85. The van der Waals surface area contributed by atoms with Gasteiger partial charge in [-0.1, -0.05) is 11.2 Å². The summed E-state index contributed by atoms with van der Waals surface area (Å²) in [5, 5.41) is 7.74. The average Bonchev–Trinajstić information content (AvgIpc) is 3.35. The number of hydrogen-bond donors (Lipinski definition) is 1. The highest BCUT2D eigenvalue weighted by atomic mass is 35.5. The Morgan fingerprint density at radius 3 is 2.50 bits per heavy atom. The molecule has 0 spiro atoms. The molecule has 0 aliphatic carbocycles. The average molecular weight is 454 g/mol. The summed E-state index contributed by atoms with van der Waals surface area (Å²) in [4.78, 5) is 23.6. The van der Waals surface area contributed by atoms with E-state index < -0.39 is 0 Å². The second-order valence-corrected chi connectivity index (χ2v) is 8.51. The molecule has 164 valence electrons. The van der Waals surface area contributed by atoms with Crippen LogP contribution in [0.3, 0.4) is 0 Å². The molecule has 2 aromatic rings. The van der Waals surface area contributed by atoms with Gasteiger partial charge in [-0.25, -0.2) is 0 Å². The predicted molar refractivity (Wildman–Crippen MR) is 118 cm³/mol. The van der Waals surface area contributed by atoms with E-state index in [4.69, 9.17) is 4.52 Å². The fourth-order valence-corrected chi connectivity index (χ4v) is 5.09. The van der Waals surface area contributed by atoms with E-state index in [0.29, 0.717) is 42.0 Å². The SMILES string of the molecule is Cl.Cl.O=C(CC1CC2CCC(C1)N2)N1CCC(c2nc(-c3ccccn3)no2)CC1. The number of amides is 1. The fraction of sp³-hybridized carbons (Fsp3) is 0.619. The third-order valence-corrected chi connectivity index (χ3v) is 6.57. The number of fused-ring (bicyclic) bond motifs is 2. The van der Waals surface area contributed by atoms with Crippen LogP contribution in [0.5, 0.6) is 0 Å². The Morgan fingerprint density at radius 2 is 1.83 bits per heavy atom. The molecule has 0 saturated carbocycles. The van der Waals surface area contributed by atoms with E-state index in [1.54, 1.807) is 6.20 Å². The van der Waals surface area contributed by atoms with Gasteiger partial charge in [-0.2, -0.15) is 4.98 Å². The van der Waals surface area contributed by atoms with E-state index in [-0.39, 0.29) is 30.7 Å². The summed E-state index contributed by atoms with van der Waals surface area (Å²) in [7, 11) is 0. The van der Waals surface area contributed by atoms with Crippen molar-refractivity contribution in [3.63, 3.8) is 0 Å². The smallest absolute Gasteiger partial charge is 0.230 e. The lowest BCUT2D eigenvalue weighted by Gasteiger charge is -2.33. The summed E-state index contributed by atoms with van der Waals surface area (Å²) >= 11 is 0. The number of carbonyl (C=O) groups excluding carboxylic acids is 1. The molecule has 2 bridgehead atoms. The number of aromatic nitrogens is 3. The van der Waals surface area contributed by atoms with Crippen molar-refractivity contribution in [1.82, 2.24) is 25.3 Å². The number of rotatable bonds is 4. The molecular weight excluding hydrogens is 425 g/mol. The molecule has 30 heavy (non-hydrogen) atoms. The van der Waals surface area contributed by atoms with Crippen LogP contribution in [-0.4, -0.2) is 51.1 Å². The van der Waals surface area contributed by atoms with Crippen molar-refractivity contribution in [3.05, 3.63) is 30.3 Å². The minimum atomic E-state index is 0. The molecule has 1 N–H and O–H groups in total. The predicted octanol–water partition coefficient (Wildman–Crippen LogP) is 3.60. The number of nitrogens with one attached hydrogen (secondary N) is 1. The molecule has 3 saturated heterocycles. The van der Waals surface area contributed by atoms with E-state index in [9.17, 15) is 4.79 Å². The zero-order valence-electron chi connectivity index (χ0n) is 16.9. The topological polar surface area (TPSA) is 84.2 Å². The van der Waals surface area contributed by atoms with Gasteiger partial charge in [0.05, 0.1) is 0 Å². The van der Waals surface area contributed by atoms with Gasteiger partial charge < -0.3 is 14.7 Å². The first-order valence-electron chi connectivity index (χ1n) is 10.5. The normalized spacial score (nSPS) is 26.0. The second-order valence-electron chi connectivity index (χ2n) is 8.51. The maximum absolute atomic E-state index is 12.8. The van der Waals surface area contributed by atoms with Crippen LogP contribution in [0.1, 0.15) is 56.8 Å². The van der Waals surface area contributed by atoms with Crippen molar-refractivity contribution < 1.29 is 9.32 Å². The molecule has 3 fully saturated rings. The largest absolute Gasteiger partial charge is 0.343 e. The van der Waals surface area contributed by atoms with Crippen molar-refractivity contribution in [2.75, 3.05) is 13.1 Å². The summed E-state index contributed by atoms with van der Waals surface area (Å²) < 4.78 is 5.49. The molecule has 0 radical (unpaired) electrons. The lowest BCUT2D eigenvalue weighted by molar-refractivity contribution is -0.133. The van der Waals surface area contributed by atoms with E-state index in [0.717, 1.165) is 44.5 Å². The monoisotopic (exact) mass is 453 g/mol. The fourth-order valence-electron chi connectivity index (χ4n) is 5.09. The van der Waals surface area contributed by atoms with Gasteiger partial charge in [-0.05, 0) is 56.6 Å². The summed E-state index contributed by atoms with van der Waals surface area (Å²) in [6.45, 7) is 1.56. The molecule has 7 nitrogen and oxygen atoms in total. The van der Waals surface area contributed by atoms with E-state index >= 15 is 0 Å². The molecule has 2 aromatic heterocycles. The van der Waals surface area contributed by atoms with Crippen LogP contribution in [0, 0.1) is 5.92 Å². The van der Waals surface area contributed by atoms with Gasteiger partial charge in [0.1, 0.15) is 5.69 Å².